The summed E-state index contributed by atoms with van der Waals surface area (Å²) in [5, 5.41) is 3.33. The Morgan fingerprint density at radius 1 is 1.18 bits per heavy atom. The Morgan fingerprint density at radius 2 is 1.89 bits per heavy atom. The molecule has 4 rings (SSSR count). The molecule has 0 unspecified atom stereocenters. The van der Waals surface area contributed by atoms with Crippen molar-refractivity contribution in [2.75, 3.05) is 18.0 Å². The number of imide groups is 1. The number of nitrogens with one attached hydrogen (secondary N) is 1. The summed E-state index contributed by atoms with van der Waals surface area (Å²) in [4.78, 5) is 42.8. The first-order valence-electron chi connectivity index (χ1n) is 10.2. The van der Waals surface area contributed by atoms with Crippen molar-refractivity contribution in [2.45, 2.75) is 67.6 Å². The van der Waals surface area contributed by atoms with Gasteiger partial charge in [-0.3, -0.25) is 14.5 Å². The molecule has 1 aliphatic carbocycles. The van der Waals surface area contributed by atoms with Crippen molar-refractivity contribution in [3.05, 3.63) is 24.3 Å². The van der Waals surface area contributed by atoms with E-state index in [1.807, 2.05) is 24.3 Å². The average Bonchev–Trinajstić information content (AvgIpc) is 2.90. The third-order valence-electron chi connectivity index (χ3n) is 6.04. The normalized spacial score (nSPS) is 24.5. The van der Waals surface area contributed by atoms with Crippen LogP contribution in [0.4, 0.5) is 10.5 Å². The molecule has 28 heavy (non-hydrogen) atoms. The predicted octanol–water partition coefficient (Wildman–Crippen LogP) is 3.55. The van der Waals surface area contributed by atoms with Gasteiger partial charge in [0.05, 0.1) is 5.69 Å². The molecule has 2 heterocycles. The van der Waals surface area contributed by atoms with Crippen LogP contribution < -0.4 is 10.2 Å². The lowest BCUT2D eigenvalue weighted by molar-refractivity contribution is -0.134. The van der Waals surface area contributed by atoms with Crippen LogP contribution in [0, 0.1) is 0 Å². The van der Waals surface area contributed by atoms with E-state index in [0.29, 0.717) is 24.6 Å². The molecule has 2 aliphatic heterocycles. The third-order valence-corrected chi connectivity index (χ3v) is 7.28. The topological polar surface area (TPSA) is 69.7 Å². The molecule has 0 bridgehead atoms. The molecular weight excluding hydrogens is 374 g/mol. The van der Waals surface area contributed by atoms with Crippen LogP contribution in [0.3, 0.4) is 0 Å². The Hall–Kier alpha value is -2.02. The summed E-state index contributed by atoms with van der Waals surface area (Å²) in [6.07, 6.45) is 6.25. The smallest absolute Gasteiger partial charge is 0.323 e. The maximum absolute atomic E-state index is 13.1. The summed E-state index contributed by atoms with van der Waals surface area (Å²) >= 11 is 1.76. The van der Waals surface area contributed by atoms with Crippen LogP contribution >= 0.6 is 11.8 Å². The maximum atomic E-state index is 13.1. The fraction of sp³-hybridized carbons (Fsp3) is 0.571. The van der Waals surface area contributed by atoms with Gasteiger partial charge in [-0.05, 0) is 31.4 Å². The molecule has 0 aromatic heterocycles. The molecule has 0 radical (unpaired) electrons. The molecule has 1 spiro atoms. The molecule has 1 saturated carbocycles. The minimum atomic E-state index is -0.797. The second-order valence-electron chi connectivity index (χ2n) is 8.05. The summed E-state index contributed by atoms with van der Waals surface area (Å²) in [5.74, 6) is -0.421. The number of fused-ring (bicyclic) bond motifs is 1. The van der Waals surface area contributed by atoms with Crippen LogP contribution in [0.25, 0.3) is 0 Å². The lowest BCUT2D eigenvalue weighted by atomic mass is 9.90. The van der Waals surface area contributed by atoms with Crippen molar-refractivity contribution in [2.24, 2.45) is 0 Å². The summed E-state index contributed by atoms with van der Waals surface area (Å²) in [7, 11) is 0. The van der Waals surface area contributed by atoms with Crippen molar-refractivity contribution >= 4 is 35.3 Å². The van der Waals surface area contributed by atoms with Gasteiger partial charge in [-0.25, -0.2) is 4.79 Å². The Labute approximate surface area is 170 Å². The van der Waals surface area contributed by atoms with Crippen molar-refractivity contribution in [1.29, 1.82) is 0 Å². The number of amides is 4. The second kappa shape index (κ2) is 7.78. The van der Waals surface area contributed by atoms with Gasteiger partial charge in [-0.1, -0.05) is 44.7 Å². The molecule has 1 aromatic carbocycles. The lowest BCUT2D eigenvalue weighted by Crippen LogP contribution is -2.47. The highest BCUT2D eigenvalue weighted by atomic mass is 32.2. The van der Waals surface area contributed by atoms with Gasteiger partial charge < -0.3 is 10.2 Å². The fourth-order valence-corrected chi connectivity index (χ4v) is 5.57. The van der Waals surface area contributed by atoms with E-state index in [2.05, 4.69) is 12.2 Å². The summed E-state index contributed by atoms with van der Waals surface area (Å²) in [6.45, 7) is 2.56. The van der Waals surface area contributed by atoms with E-state index in [4.69, 9.17) is 0 Å². The second-order valence-corrected chi connectivity index (χ2v) is 9.53. The van der Waals surface area contributed by atoms with E-state index in [-0.39, 0.29) is 18.4 Å². The van der Waals surface area contributed by atoms with Crippen LogP contribution in [0.2, 0.25) is 0 Å². The monoisotopic (exact) mass is 401 g/mol. The minimum absolute atomic E-state index is 0.195. The predicted molar refractivity (Wildman–Crippen MR) is 109 cm³/mol. The molecule has 6 nitrogen and oxygen atoms in total. The Morgan fingerprint density at radius 3 is 2.64 bits per heavy atom. The van der Waals surface area contributed by atoms with Gasteiger partial charge in [0.2, 0.25) is 5.91 Å². The number of urea groups is 1. The van der Waals surface area contributed by atoms with Crippen LogP contribution in [-0.2, 0) is 9.59 Å². The Balaban J connectivity index is 1.53. The number of nitrogens with zero attached hydrogens (tertiary/aromatic N) is 2. The van der Waals surface area contributed by atoms with Gasteiger partial charge in [0.25, 0.3) is 5.91 Å². The molecule has 4 amide bonds. The number of carbonyl (C=O) groups is 3. The van der Waals surface area contributed by atoms with Crippen LogP contribution in [0.1, 0.15) is 51.9 Å². The van der Waals surface area contributed by atoms with Crippen molar-refractivity contribution in [3.63, 3.8) is 0 Å². The van der Waals surface area contributed by atoms with E-state index in [1.165, 1.54) is 0 Å². The largest absolute Gasteiger partial charge is 0.325 e. The quantitative estimate of drug-likeness (QED) is 0.770. The molecule has 3 aliphatic rings. The van der Waals surface area contributed by atoms with E-state index < -0.39 is 11.6 Å². The molecule has 7 heteroatoms. The maximum Gasteiger partial charge on any atom is 0.325 e. The fourth-order valence-electron chi connectivity index (χ4n) is 4.46. The summed E-state index contributed by atoms with van der Waals surface area (Å²) in [5.41, 5.74) is 0.0765. The number of hydrogen-bond acceptors (Lipinski definition) is 4. The van der Waals surface area contributed by atoms with Gasteiger partial charge in [-0.15, -0.1) is 11.8 Å². The first-order chi connectivity index (χ1) is 13.5. The molecule has 1 atom stereocenters. The van der Waals surface area contributed by atoms with Crippen LogP contribution in [0.15, 0.2) is 29.2 Å². The van der Waals surface area contributed by atoms with Crippen LogP contribution in [-0.4, -0.2) is 46.6 Å². The molecule has 150 valence electrons. The SMILES string of the molecule is C[C@H]1CCN(C(=O)CN2C(=O)NC3(CCCCCC3)C2=O)c2ccccc2S1. The highest BCUT2D eigenvalue weighted by Gasteiger charge is 2.51. The van der Waals surface area contributed by atoms with Crippen molar-refractivity contribution in [3.8, 4) is 0 Å². The first kappa shape index (κ1) is 19.3. The zero-order valence-electron chi connectivity index (χ0n) is 16.3. The zero-order chi connectivity index (χ0) is 19.7. The average molecular weight is 402 g/mol. The Bertz CT molecular complexity index is 789. The summed E-state index contributed by atoms with van der Waals surface area (Å²) in [6, 6.07) is 7.43. The number of hydrogen-bond donors (Lipinski definition) is 1. The number of anilines is 1. The number of benzene rings is 1. The number of thioether (sulfide) groups is 1. The van der Waals surface area contributed by atoms with Gasteiger partial charge in [-0.2, -0.15) is 0 Å². The van der Waals surface area contributed by atoms with E-state index in [1.54, 1.807) is 16.7 Å². The van der Waals surface area contributed by atoms with E-state index in [0.717, 1.165) is 47.6 Å². The molecule has 1 N–H and O–H groups in total. The standard InChI is InChI=1S/C21H27N3O3S/c1-15-10-13-23(16-8-4-5-9-17(16)28-15)18(25)14-24-19(26)21(22-20(24)27)11-6-2-3-7-12-21/h4-5,8-9,15H,2-3,6-7,10-14H2,1H3,(H,22,27)/t15-/m0/s1. The van der Waals surface area contributed by atoms with E-state index >= 15 is 0 Å². The number of rotatable bonds is 2. The minimum Gasteiger partial charge on any atom is -0.323 e. The first-order valence-corrected chi connectivity index (χ1v) is 11.1. The van der Waals surface area contributed by atoms with Crippen LogP contribution in [0.5, 0.6) is 0 Å². The van der Waals surface area contributed by atoms with Crippen molar-refractivity contribution in [1.82, 2.24) is 10.2 Å². The molecular formula is C21H27N3O3S. The molecule has 2 fully saturated rings. The molecule has 1 saturated heterocycles. The van der Waals surface area contributed by atoms with Gasteiger partial charge in [0.15, 0.2) is 0 Å². The van der Waals surface area contributed by atoms with Gasteiger partial charge in [0.1, 0.15) is 12.1 Å². The Kier molecular flexibility index (Phi) is 5.36. The van der Waals surface area contributed by atoms with E-state index in [9.17, 15) is 14.4 Å². The van der Waals surface area contributed by atoms with Gasteiger partial charge in [0, 0.05) is 16.7 Å². The molecule has 1 aromatic rings. The lowest BCUT2D eigenvalue weighted by Gasteiger charge is -2.26. The highest BCUT2D eigenvalue weighted by Crippen LogP contribution is 2.38. The third kappa shape index (κ3) is 3.52. The summed E-state index contributed by atoms with van der Waals surface area (Å²) < 4.78 is 0. The van der Waals surface area contributed by atoms with Gasteiger partial charge >= 0.3 is 6.03 Å². The van der Waals surface area contributed by atoms with Crippen molar-refractivity contribution < 1.29 is 14.4 Å². The number of carbonyl (C=O) groups excluding carboxylic acids is 3. The number of para-hydroxylation sites is 1. The highest BCUT2D eigenvalue weighted by molar-refractivity contribution is 8.00. The zero-order valence-corrected chi connectivity index (χ0v) is 17.1.